The number of fused-ring (bicyclic) bond motifs is 7. The molecule has 0 bridgehead atoms. The average Bonchev–Trinajstić information content (AvgIpc) is 3.46. The summed E-state index contributed by atoms with van der Waals surface area (Å²) in [6.45, 7) is 9.27. The van der Waals surface area contributed by atoms with Crippen molar-refractivity contribution in [2.24, 2.45) is 0 Å². The van der Waals surface area contributed by atoms with Crippen LogP contribution in [0.5, 0.6) is 0 Å². The van der Waals surface area contributed by atoms with Gasteiger partial charge in [-0.1, -0.05) is 74.0 Å². The first-order valence-electron chi connectivity index (χ1n) is 16.2. The Morgan fingerprint density at radius 1 is 0.667 bits per heavy atom. The monoisotopic (exact) mass is 587 g/mol. The summed E-state index contributed by atoms with van der Waals surface area (Å²) in [6.07, 6.45) is 6.00. The topological polar surface area (TPSA) is 32.5 Å². The van der Waals surface area contributed by atoms with E-state index in [-0.39, 0.29) is 5.54 Å². The van der Waals surface area contributed by atoms with Crippen molar-refractivity contribution >= 4 is 39.1 Å². The fourth-order valence-corrected chi connectivity index (χ4v) is 8.15. The first kappa shape index (κ1) is 27.8. The number of nitrogens with two attached hydrogens (primary N) is 1. The number of rotatable bonds is 4. The molecule has 0 aromatic heterocycles. The maximum atomic E-state index is 6.24. The molecule has 5 aromatic rings. The number of allylic oxidation sites excluding steroid dienone is 2. The van der Waals surface area contributed by atoms with E-state index in [0.29, 0.717) is 11.8 Å². The molecule has 8 rings (SSSR count). The Morgan fingerprint density at radius 3 is 2.07 bits per heavy atom. The molecule has 0 amide bonds. The Labute approximate surface area is 267 Å². The molecule has 0 saturated heterocycles. The summed E-state index contributed by atoms with van der Waals surface area (Å²) in [6, 6.07) is 34.2. The quantitative estimate of drug-likeness (QED) is 0.212. The summed E-state index contributed by atoms with van der Waals surface area (Å²) in [7, 11) is 4.25. The minimum atomic E-state index is -0.259. The SMILES string of the molecule is Cc1ccc2cc(N(c3ccc4c(c3)C(C)c3cc(N)ccc3-4)C3(C)C=C4C(=CC3)c3ccc(N(C)C)cc3C4C)ccc2c1. The Bertz CT molecular complexity index is 2100. The van der Waals surface area contributed by atoms with Crippen LogP contribution in [0.25, 0.3) is 27.5 Å². The van der Waals surface area contributed by atoms with Gasteiger partial charge in [-0.25, -0.2) is 0 Å². The molecule has 5 aromatic carbocycles. The highest BCUT2D eigenvalue weighted by Crippen LogP contribution is 2.53. The maximum Gasteiger partial charge on any atom is 0.0646 e. The van der Waals surface area contributed by atoms with Gasteiger partial charge in [-0.3, -0.25) is 0 Å². The van der Waals surface area contributed by atoms with Gasteiger partial charge in [0, 0.05) is 48.7 Å². The van der Waals surface area contributed by atoms with Gasteiger partial charge in [0.25, 0.3) is 0 Å². The van der Waals surface area contributed by atoms with Crippen LogP contribution in [0, 0.1) is 6.92 Å². The van der Waals surface area contributed by atoms with Crippen LogP contribution in [-0.4, -0.2) is 19.6 Å². The van der Waals surface area contributed by atoms with Crippen LogP contribution in [0.15, 0.2) is 109 Å². The number of nitrogen functional groups attached to an aromatic ring is 1. The average molecular weight is 588 g/mol. The number of aryl methyl sites for hydroxylation is 1. The first-order valence-corrected chi connectivity index (χ1v) is 16.2. The maximum absolute atomic E-state index is 6.24. The number of hydrogen-bond donors (Lipinski definition) is 1. The molecule has 2 N–H and O–H groups in total. The van der Waals surface area contributed by atoms with Gasteiger partial charge in [0.2, 0.25) is 0 Å². The third-order valence-corrected chi connectivity index (χ3v) is 10.6. The zero-order valence-corrected chi connectivity index (χ0v) is 27.1. The van der Waals surface area contributed by atoms with Gasteiger partial charge in [0.15, 0.2) is 0 Å². The zero-order valence-electron chi connectivity index (χ0n) is 27.1. The van der Waals surface area contributed by atoms with Gasteiger partial charge >= 0.3 is 0 Å². The first-order chi connectivity index (χ1) is 21.6. The van der Waals surface area contributed by atoms with Crippen molar-refractivity contribution < 1.29 is 0 Å². The molecule has 0 fully saturated rings. The van der Waals surface area contributed by atoms with Gasteiger partial charge in [0.1, 0.15) is 0 Å². The standard InChI is InChI=1S/C42H41N3/c1-25-7-8-29-20-32(11-9-28(29)19-25)45(33-13-16-35-34-14-10-30(43)21-38(34)26(2)40(35)23-33)42(4)18-17-37-36-15-12-31(44(5)6)22-39(36)27(3)41(37)24-42/h7-17,19-24,26-27H,18,43H2,1-6H3. The van der Waals surface area contributed by atoms with Crippen LogP contribution in [0.3, 0.4) is 0 Å². The number of anilines is 4. The van der Waals surface area contributed by atoms with Crippen molar-refractivity contribution in [1.82, 2.24) is 0 Å². The zero-order chi connectivity index (χ0) is 31.2. The fraction of sp³-hybridized carbons (Fsp3) is 0.238. The second kappa shape index (κ2) is 9.87. The van der Waals surface area contributed by atoms with E-state index in [1.165, 1.54) is 77.9 Å². The van der Waals surface area contributed by atoms with Gasteiger partial charge in [-0.15, -0.1) is 0 Å². The molecule has 3 nitrogen and oxygen atoms in total. The number of benzene rings is 5. The summed E-state index contributed by atoms with van der Waals surface area (Å²) in [5.74, 6) is 0.631. The Hall–Kier alpha value is -4.76. The molecule has 0 saturated carbocycles. The van der Waals surface area contributed by atoms with Gasteiger partial charge < -0.3 is 15.5 Å². The van der Waals surface area contributed by atoms with Crippen LogP contribution >= 0.6 is 0 Å². The van der Waals surface area contributed by atoms with Crippen molar-refractivity contribution in [3.05, 3.63) is 137 Å². The lowest BCUT2D eigenvalue weighted by Crippen LogP contribution is -2.43. The lowest BCUT2D eigenvalue weighted by molar-refractivity contribution is 0.565. The highest BCUT2D eigenvalue weighted by atomic mass is 15.2. The summed E-state index contributed by atoms with van der Waals surface area (Å²) in [5.41, 5.74) is 22.8. The third-order valence-electron chi connectivity index (χ3n) is 10.6. The third kappa shape index (κ3) is 4.24. The Balaban J connectivity index is 1.28. The minimum absolute atomic E-state index is 0.259. The van der Waals surface area contributed by atoms with Crippen molar-refractivity contribution in [3.8, 4) is 11.1 Å². The van der Waals surface area contributed by atoms with E-state index in [9.17, 15) is 0 Å². The van der Waals surface area contributed by atoms with Crippen molar-refractivity contribution in [1.29, 1.82) is 0 Å². The molecular weight excluding hydrogens is 546 g/mol. The highest BCUT2D eigenvalue weighted by molar-refractivity contribution is 5.92. The summed E-state index contributed by atoms with van der Waals surface area (Å²) in [4.78, 5) is 4.80. The summed E-state index contributed by atoms with van der Waals surface area (Å²) >= 11 is 0. The molecule has 45 heavy (non-hydrogen) atoms. The van der Waals surface area contributed by atoms with E-state index in [1.54, 1.807) is 0 Å². The minimum Gasteiger partial charge on any atom is -0.399 e. The Kier molecular flexibility index (Phi) is 6.09. The largest absolute Gasteiger partial charge is 0.399 e. The van der Waals surface area contributed by atoms with Crippen LogP contribution in [-0.2, 0) is 0 Å². The van der Waals surface area contributed by atoms with Gasteiger partial charge in [-0.05, 0) is 124 Å². The fourth-order valence-electron chi connectivity index (χ4n) is 8.15. The van der Waals surface area contributed by atoms with Crippen molar-refractivity contribution in [2.45, 2.75) is 51.5 Å². The van der Waals surface area contributed by atoms with Crippen LogP contribution in [0.2, 0.25) is 0 Å². The van der Waals surface area contributed by atoms with E-state index >= 15 is 0 Å². The van der Waals surface area contributed by atoms with Crippen LogP contribution in [0.4, 0.5) is 22.7 Å². The molecule has 0 heterocycles. The molecule has 3 heteroatoms. The molecule has 3 aliphatic rings. The van der Waals surface area contributed by atoms with E-state index < -0.39 is 0 Å². The van der Waals surface area contributed by atoms with Gasteiger partial charge in [-0.2, -0.15) is 0 Å². The summed E-state index contributed by atoms with van der Waals surface area (Å²) < 4.78 is 0. The van der Waals surface area contributed by atoms with E-state index in [2.05, 4.69) is 149 Å². The smallest absolute Gasteiger partial charge is 0.0646 e. The van der Waals surface area contributed by atoms with Crippen LogP contribution in [0.1, 0.15) is 66.8 Å². The Morgan fingerprint density at radius 2 is 1.27 bits per heavy atom. The molecule has 3 atom stereocenters. The summed E-state index contributed by atoms with van der Waals surface area (Å²) in [5, 5.41) is 2.54. The van der Waals surface area contributed by atoms with Crippen molar-refractivity contribution in [3.63, 3.8) is 0 Å². The number of hydrogen-bond acceptors (Lipinski definition) is 3. The highest BCUT2D eigenvalue weighted by Gasteiger charge is 2.40. The molecule has 0 aliphatic heterocycles. The lowest BCUT2D eigenvalue weighted by atomic mass is 9.81. The van der Waals surface area contributed by atoms with E-state index in [0.717, 1.165) is 12.1 Å². The second-order valence-electron chi connectivity index (χ2n) is 13.9. The van der Waals surface area contributed by atoms with Gasteiger partial charge in [0.05, 0.1) is 5.54 Å². The molecule has 0 radical (unpaired) electrons. The van der Waals surface area contributed by atoms with E-state index in [1.807, 2.05) is 6.07 Å². The van der Waals surface area contributed by atoms with E-state index in [4.69, 9.17) is 5.73 Å². The molecule has 3 unspecified atom stereocenters. The molecule has 224 valence electrons. The lowest BCUT2D eigenvalue weighted by Gasteiger charge is -2.43. The molecule has 0 spiro atoms. The molecular formula is C42H41N3. The second-order valence-corrected chi connectivity index (χ2v) is 13.9. The predicted molar refractivity (Wildman–Crippen MR) is 193 cm³/mol. The normalized spacial score (nSPS) is 21.0. The number of nitrogens with zero attached hydrogens (tertiary/aromatic N) is 2. The van der Waals surface area contributed by atoms with Crippen LogP contribution < -0.4 is 15.5 Å². The predicted octanol–water partition coefficient (Wildman–Crippen LogP) is 10.4. The molecule has 3 aliphatic carbocycles. The van der Waals surface area contributed by atoms with Crippen molar-refractivity contribution in [2.75, 3.05) is 29.6 Å².